The molecule has 0 saturated heterocycles. The fraction of sp³-hybridized carbons (Fsp3) is 0.200. The Morgan fingerprint density at radius 3 is 2.75 bits per heavy atom. The van der Waals surface area contributed by atoms with E-state index in [1.165, 1.54) is 18.2 Å². The lowest BCUT2D eigenvalue weighted by Crippen LogP contribution is -2.05. The molecule has 0 fully saturated rings. The van der Waals surface area contributed by atoms with E-state index in [4.69, 9.17) is 5.26 Å². The predicted octanol–water partition coefficient (Wildman–Crippen LogP) is 3.72. The third kappa shape index (κ3) is 2.75. The summed E-state index contributed by atoms with van der Waals surface area (Å²) < 4.78 is 27.0. The van der Waals surface area contributed by atoms with Crippen LogP contribution in [0.1, 0.15) is 18.9 Å². The number of hydrogen-bond donors (Lipinski definition) is 1. The molecule has 0 aliphatic heterocycles. The van der Waals surface area contributed by atoms with E-state index in [2.05, 4.69) is 10.3 Å². The highest BCUT2D eigenvalue weighted by Crippen LogP contribution is 2.25. The number of benzene rings is 1. The number of pyridine rings is 1. The van der Waals surface area contributed by atoms with Crippen molar-refractivity contribution >= 4 is 5.82 Å². The summed E-state index contributed by atoms with van der Waals surface area (Å²) in [6.07, 6.45) is 0.866. The van der Waals surface area contributed by atoms with Crippen LogP contribution < -0.4 is 5.32 Å². The number of aromatic nitrogens is 1. The molecule has 1 heterocycles. The van der Waals surface area contributed by atoms with Crippen molar-refractivity contribution in [1.82, 2.24) is 4.98 Å². The van der Waals surface area contributed by atoms with Gasteiger partial charge in [-0.3, -0.25) is 0 Å². The summed E-state index contributed by atoms with van der Waals surface area (Å²) in [5, 5.41) is 12.0. The van der Waals surface area contributed by atoms with Crippen LogP contribution in [-0.4, -0.2) is 11.5 Å². The number of hydrogen-bond acceptors (Lipinski definition) is 3. The molecule has 20 heavy (non-hydrogen) atoms. The standard InChI is InChI=1S/C15H13F2N3/c1-2-8-19-15-10(9-18)6-7-13(20-15)11-4-3-5-12(16)14(11)17/h3-7H,2,8H2,1H3,(H,19,20). The molecule has 2 aromatic rings. The Hall–Kier alpha value is -2.48. The molecule has 0 bridgehead atoms. The van der Waals surface area contributed by atoms with Crippen molar-refractivity contribution in [2.45, 2.75) is 13.3 Å². The molecule has 0 amide bonds. The molecule has 3 nitrogen and oxygen atoms in total. The van der Waals surface area contributed by atoms with Crippen LogP contribution in [0.4, 0.5) is 14.6 Å². The minimum absolute atomic E-state index is 0.0778. The molecule has 1 N–H and O–H groups in total. The van der Waals surface area contributed by atoms with Gasteiger partial charge in [0.1, 0.15) is 11.9 Å². The lowest BCUT2D eigenvalue weighted by atomic mass is 10.1. The van der Waals surface area contributed by atoms with E-state index >= 15 is 0 Å². The van der Waals surface area contributed by atoms with Crippen molar-refractivity contribution in [2.75, 3.05) is 11.9 Å². The van der Waals surface area contributed by atoms with Gasteiger partial charge in [-0.25, -0.2) is 13.8 Å². The molecule has 1 aromatic heterocycles. The summed E-state index contributed by atoms with van der Waals surface area (Å²) in [5.41, 5.74) is 0.743. The van der Waals surface area contributed by atoms with Gasteiger partial charge in [0.2, 0.25) is 0 Å². The van der Waals surface area contributed by atoms with Gasteiger partial charge in [0.25, 0.3) is 0 Å². The molecule has 0 aliphatic rings. The third-order valence-electron chi connectivity index (χ3n) is 2.79. The molecular formula is C15H13F2N3. The van der Waals surface area contributed by atoms with Crippen molar-refractivity contribution in [3.05, 3.63) is 47.5 Å². The Morgan fingerprint density at radius 1 is 1.25 bits per heavy atom. The van der Waals surface area contributed by atoms with E-state index < -0.39 is 11.6 Å². The van der Waals surface area contributed by atoms with Crippen molar-refractivity contribution < 1.29 is 8.78 Å². The maximum atomic E-state index is 13.8. The molecule has 0 spiro atoms. The van der Waals surface area contributed by atoms with E-state index in [0.717, 1.165) is 12.5 Å². The van der Waals surface area contributed by atoms with Gasteiger partial charge in [0.15, 0.2) is 11.6 Å². The zero-order chi connectivity index (χ0) is 14.5. The summed E-state index contributed by atoms with van der Waals surface area (Å²) in [6.45, 7) is 2.63. The normalized spacial score (nSPS) is 10.1. The fourth-order valence-corrected chi connectivity index (χ4v) is 1.78. The average molecular weight is 273 g/mol. The Labute approximate surface area is 115 Å². The van der Waals surface area contributed by atoms with Gasteiger partial charge >= 0.3 is 0 Å². The molecule has 102 valence electrons. The SMILES string of the molecule is CCCNc1nc(-c2cccc(F)c2F)ccc1C#N. The van der Waals surface area contributed by atoms with Crippen LogP contribution >= 0.6 is 0 Å². The molecule has 5 heteroatoms. The van der Waals surface area contributed by atoms with Crippen LogP contribution in [0, 0.1) is 23.0 Å². The van der Waals surface area contributed by atoms with Crippen LogP contribution in [0.5, 0.6) is 0 Å². The average Bonchev–Trinajstić information content (AvgIpc) is 2.47. The first-order valence-electron chi connectivity index (χ1n) is 6.26. The van der Waals surface area contributed by atoms with E-state index in [1.54, 1.807) is 6.07 Å². The number of halogens is 2. The maximum absolute atomic E-state index is 13.8. The molecule has 0 aliphatic carbocycles. The van der Waals surface area contributed by atoms with E-state index in [0.29, 0.717) is 23.6 Å². The first kappa shape index (κ1) is 13.9. The number of nitriles is 1. The summed E-state index contributed by atoms with van der Waals surface area (Å²) >= 11 is 0. The summed E-state index contributed by atoms with van der Waals surface area (Å²) in [7, 11) is 0. The van der Waals surface area contributed by atoms with Crippen molar-refractivity contribution in [3.63, 3.8) is 0 Å². The Bertz CT molecular complexity index is 663. The van der Waals surface area contributed by atoms with Gasteiger partial charge in [-0.2, -0.15) is 5.26 Å². The highest BCUT2D eigenvalue weighted by molar-refractivity contribution is 5.65. The zero-order valence-electron chi connectivity index (χ0n) is 11.0. The second-order valence-corrected chi connectivity index (χ2v) is 4.23. The molecular weight excluding hydrogens is 260 g/mol. The highest BCUT2D eigenvalue weighted by atomic mass is 19.2. The maximum Gasteiger partial charge on any atom is 0.168 e. The monoisotopic (exact) mass is 273 g/mol. The number of rotatable bonds is 4. The van der Waals surface area contributed by atoms with Gasteiger partial charge < -0.3 is 5.32 Å². The molecule has 0 atom stereocenters. The predicted molar refractivity (Wildman–Crippen MR) is 73.1 cm³/mol. The van der Waals surface area contributed by atoms with Gasteiger partial charge in [-0.05, 0) is 30.7 Å². The van der Waals surface area contributed by atoms with Crippen LogP contribution in [0.25, 0.3) is 11.3 Å². The Balaban J connectivity index is 2.48. The van der Waals surface area contributed by atoms with Crippen molar-refractivity contribution in [2.24, 2.45) is 0 Å². The highest BCUT2D eigenvalue weighted by Gasteiger charge is 2.13. The minimum atomic E-state index is -0.939. The second-order valence-electron chi connectivity index (χ2n) is 4.23. The van der Waals surface area contributed by atoms with Crippen molar-refractivity contribution in [1.29, 1.82) is 5.26 Å². The van der Waals surface area contributed by atoms with Crippen LogP contribution in [0.15, 0.2) is 30.3 Å². The second kappa shape index (κ2) is 6.11. The number of nitrogens with zero attached hydrogens (tertiary/aromatic N) is 2. The van der Waals surface area contributed by atoms with E-state index in [9.17, 15) is 8.78 Å². The molecule has 0 unspecified atom stereocenters. The van der Waals surface area contributed by atoms with Gasteiger partial charge in [0.05, 0.1) is 11.3 Å². The molecule has 2 rings (SSSR count). The Kier molecular flexibility index (Phi) is 4.26. The molecule has 1 aromatic carbocycles. The van der Waals surface area contributed by atoms with Gasteiger partial charge in [-0.1, -0.05) is 13.0 Å². The number of anilines is 1. The fourth-order valence-electron chi connectivity index (χ4n) is 1.78. The first-order chi connectivity index (χ1) is 9.67. The minimum Gasteiger partial charge on any atom is -0.369 e. The van der Waals surface area contributed by atoms with E-state index in [-0.39, 0.29) is 5.56 Å². The van der Waals surface area contributed by atoms with Crippen LogP contribution in [0.2, 0.25) is 0 Å². The summed E-state index contributed by atoms with van der Waals surface area (Å²) in [4.78, 5) is 4.21. The van der Waals surface area contributed by atoms with E-state index in [1.807, 2.05) is 13.0 Å². The smallest absolute Gasteiger partial charge is 0.168 e. The summed E-state index contributed by atoms with van der Waals surface area (Å²) in [5.74, 6) is -1.47. The lowest BCUT2D eigenvalue weighted by molar-refractivity contribution is 0.511. The van der Waals surface area contributed by atoms with Crippen LogP contribution in [-0.2, 0) is 0 Å². The first-order valence-corrected chi connectivity index (χ1v) is 6.26. The van der Waals surface area contributed by atoms with Gasteiger partial charge in [0, 0.05) is 12.1 Å². The molecule has 0 radical (unpaired) electrons. The number of nitrogens with one attached hydrogen (secondary N) is 1. The molecule has 0 saturated carbocycles. The van der Waals surface area contributed by atoms with Crippen LogP contribution in [0.3, 0.4) is 0 Å². The zero-order valence-corrected chi connectivity index (χ0v) is 11.0. The topological polar surface area (TPSA) is 48.7 Å². The largest absolute Gasteiger partial charge is 0.369 e. The summed E-state index contributed by atoms with van der Waals surface area (Å²) in [6, 6.07) is 9.00. The lowest BCUT2D eigenvalue weighted by Gasteiger charge is -2.09. The van der Waals surface area contributed by atoms with Gasteiger partial charge in [-0.15, -0.1) is 0 Å². The Morgan fingerprint density at radius 2 is 2.05 bits per heavy atom. The third-order valence-corrected chi connectivity index (χ3v) is 2.79. The quantitative estimate of drug-likeness (QED) is 0.923. The van der Waals surface area contributed by atoms with Crippen molar-refractivity contribution in [3.8, 4) is 17.3 Å².